The van der Waals surface area contributed by atoms with E-state index in [1.165, 1.54) is 12.1 Å². The average molecular weight is 467 g/mol. The van der Waals surface area contributed by atoms with Gasteiger partial charge in [0.2, 0.25) is 0 Å². The van der Waals surface area contributed by atoms with Gasteiger partial charge in [0.05, 0.1) is 12.7 Å². The van der Waals surface area contributed by atoms with Gasteiger partial charge in [0, 0.05) is 17.7 Å². The van der Waals surface area contributed by atoms with E-state index in [-0.39, 0.29) is 11.5 Å². The van der Waals surface area contributed by atoms with Crippen LogP contribution in [0.3, 0.4) is 0 Å². The molecular weight excluding hydrogens is 440 g/mol. The van der Waals surface area contributed by atoms with Gasteiger partial charge in [-0.3, -0.25) is 4.79 Å². The van der Waals surface area contributed by atoms with Crippen molar-refractivity contribution in [1.82, 2.24) is 0 Å². The summed E-state index contributed by atoms with van der Waals surface area (Å²) in [5.74, 6) is 1.30. The summed E-state index contributed by atoms with van der Waals surface area (Å²) in [4.78, 5) is 12.7. The van der Waals surface area contributed by atoms with Crippen LogP contribution in [0.15, 0.2) is 103 Å². The van der Waals surface area contributed by atoms with Crippen LogP contribution < -0.4 is 14.2 Å². The van der Waals surface area contributed by atoms with Crippen molar-refractivity contribution in [3.8, 4) is 23.0 Å². The van der Waals surface area contributed by atoms with E-state index >= 15 is 0 Å². The van der Waals surface area contributed by atoms with Crippen LogP contribution in [-0.2, 0) is 13.2 Å². The number of hydrogen-bond acceptors (Lipinski definition) is 5. The molecule has 0 aliphatic carbocycles. The predicted octanol–water partition coefficient (Wildman–Crippen LogP) is 6.45. The molecule has 0 aliphatic heterocycles. The van der Waals surface area contributed by atoms with E-state index in [4.69, 9.17) is 14.2 Å². The number of rotatable bonds is 10. The second kappa shape index (κ2) is 11.6. The lowest BCUT2D eigenvalue weighted by Gasteiger charge is -2.14. The zero-order valence-corrected chi connectivity index (χ0v) is 19.4. The van der Waals surface area contributed by atoms with Gasteiger partial charge < -0.3 is 19.3 Å². The van der Waals surface area contributed by atoms with Gasteiger partial charge in [-0.05, 0) is 47.5 Å². The highest BCUT2D eigenvalue weighted by Gasteiger charge is 2.13. The zero-order valence-electron chi connectivity index (χ0n) is 19.4. The number of aromatic hydroxyl groups is 1. The Morgan fingerprint density at radius 3 is 1.97 bits per heavy atom. The molecule has 0 unspecified atom stereocenters. The van der Waals surface area contributed by atoms with E-state index in [0.717, 1.165) is 11.1 Å². The summed E-state index contributed by atoms with van der Waals surface area (Å²) in [5, 5.41) is 10.8. The fraction of sp³-hybridized carbons (Fsp3) is 0.100. The zero-order chi connectivity index (χ0) is 24.5. The van der Waals surface area contributed by atoms with Crippen molar-refractivity contribution >= 4 is 11.9 Å². The van der Waals surface area contributed by atoms with Gasteiger partial charge >= 0.3 is 0 Å². The Bertz CT molecular complexity index is 1280. The topological polar surface area (TPSA) is 65.0 Å². The number of ether oxygens (including phenoxy) is 3. The molecule has 0 spiro atoms. The van der Waals surface area contributed by atoms with E-state index in [2.05, 4.69) is 0 Å². The first-order chi connectivity index (χ1) is 17.1. The lowest BCUT2D eigenvalue weighted by Crippen LogP contribution is -2.00. The fourth-order valence-electron chi connectivity index (χ4n) is 3.44. The third-order valence-electron chi connectivity index (χ3n) is 5.36. The Labute approximate surface area is 204 Å². The number of carbonyl (C=O) groups excluding carboxylic acids is 1. The van der Waals surface area contributed by atoms with Crippen LogP contribution >= 0.6 is 0 Å². The Hall–Kier alpha value is -4.51. The molecule has 4 rings (SSSR count). The minimum Gasteiger partial charge on any atom is -0.507 e. The highest BCUT2D eigenvalue weighted by molar-refractivity contribution is 6.07. The fourth-order valence-corrected chi connectivity index (χ4v) is 3.44. The number of benzene rings is 4. The van der Waals surface area contributed by atoms with Gasteiger partial charge in [0.1, 0.15) is 36.2 Å². The highest BCUT2D eigenvalue weighted by Crippen LogP contribution is 2.35. The smallest absolute Gasteiger partial charge is 0.185 e. The van der Waals surface area contributed by atoms with Gasteiger partial charge in [-0.2, -0.15) is 0 Å². The molecule has 0 radical (unpaired) electrons. The van der Waals surface area contributed by atoms with E-state index in [1.54, 1.807) is 43.5 Å². The Balaban J connectivity index is 1.57. The number of allylic oxidation sites excluding steroid dienone is 1. The van der Waals surface area contributed by atoms with Crippen LogP contribution in [0.5, 0.6) is 23.0 Å². The van der Waals surface area contributed by atoms with Crippen molar-refractivity contribution in [3.63, 3.8) is 0 Å². The molecule has 0 aromatic heterocycles. The quantitative estimate of drug-likeness (QED) is 0.215. The second-order valence-electron chi connectivity index (χ2n) is 7.83. The van der Waals surface area contributed by atoms with Gasteiger partial charge in [-0.25, -0.2) is 0 Å². The Kier molecular flexibility index (Phi) is 7.81. The predicted molar refractivity (Wildman–Crippen MR) is 136 cm³/mol. The van der Waals surface area contributed by atoms with Crippen LogP contribution in [0, 0.1) is 0 Å². The number of phenols is 1. The maximum Gasteiger partial charge on any atom is 0.185 e. The molecule has 0 heterocycles. The summed E-state index contributed by atoms with van der Waals surface area (Å²) in [5.41, 5.74) is 2.89. The molecule has 0 fully saturated rings. The average Bonchev–Trinajstić information content (AvgIpc) is 2.91. The normalized spacial score (nSPS) is 10.8. The van der Waals surface area contributed by atoms with E-state index < -0.39 is 0 Å². The maximum atomic E-state index is 12.7. The number of phenolic OH excluding ortho intramolecular Hbond substituents is 1. The molecule has 35 heavy (non-hydrogen) atoms. The molecule has 1 N–H and O–H groups in total. The van der Waals surface area contributed by atoms with Crippen molar-refractivity contribution in [1.29, 1.82) is 0 Å². The lowest BCUT2D eigenvalue weighted by atomic mass is 10.1. The van der Waals surface area contributed by atoms with Crippen LogP contribution in [0.4, 0.5) is 0 Å². The molecule has 0 bridgehead atoms. The molecule has 176 valence electrons. The van der Waals surface area contributed by atoms with Crippen molar-refractivity contribution in [2.45, 2.75) is 13.2 Å². The summed E-state index contributed by atoms with van der Waals surface area (Å²) >= 11 is 0. The third kappa shape index (κ3) is 6.51. The van der Waals surface area contributed by atoms with E-state index in [1.807, 2.05) is 60.7 Å². The van der Waals surface area contributed by atoms with E-state index in [0.29, 0.717) is 41.6 Å². The van der Waals surface area contributed by atoms with Crippen molar-refractivity contribution in [3.05, 3.63) is 125 Å². The summed E-state index contributed by atoms with van der Waals surface area (Å²) in [7, 11) is 1.57. The van der Waals surface area contributed by atoms with Crippen molar-refractivity contribution < 1.29 is 24.1 Å². The molecule has 4 aromatic rings. The molecule has 4 aromatic carbocycles. The summed E-state index contributed by atoms with van der Waals surface area (Å²) in [6.45, 7) is 0.652. The molecule has 5 heteroatoms. The van der Waals surface area contributed by atoms with Gasteiger partial charge in [0.25, 0.3) is 0 Å². The van der Waals surface area contributed by atoms with Crippen LogP contribution in [-0.4, -0.2) is 18.0 Å². The lowest BCUT2D eigenvalue weighted by molar-refractivity contribution is 0.104. The monoisotopic (exact) mass is 466 g/mol. The van der Waals surface area contributed by atoms with Crippen molar-refractivity contribution in [2.75, 3.05) is 7.11 Å². The van der Waals surface area contributed by atoms with Gasteiger partial charge in [0.15, 0.2) is 5.78 Å². The Morgan fingerprint density at radius 1 is 0.771 bits per heavy atom. The maximum absolute atomic E-state index is 12.7. The summed E-state index contributed by atoms with van der Waals surface area (Å²) < 4.78 is 17.1. The van der Waals surface area contributed by atoms with Crippen LogP contribution in [0.2, 0.25) is 0 Å². The SMILES string of the molecule is COc1ccc(C(=O)C=Cc2c(O)cc(OCc3ccccc3)cc2OCc2ccccc2)cc1. The minimum atomic E-state index is -0.203. The number of carbonyl (C=O) groups is 1. The summed E-state index contributed by atoms with van der Waals surface area (Å²) in [6.07, 6.45) is 2.97. The standard InChI is InChI=1S/C30H26O5/c1-33-25-14-12-24(13-15-25)28(31)17-16-27-29(32)18-26(34-20-22-8-4-2-5-9-22)19-30(27)35-21-23-10-6-3-7-11-23/h2-19,32H,20-21H2,1H3. The molecule has 0 saturated heterocycles. The molecule has 0 atom stereocenters. The first-order valence-electron chi connectivity index (χ1n) is 11.2. The van der Waals surface area contributed by atoms with Gasteiger partial charge in [-0.1, -0.05) is 60.7 Å². The molecule has 5 nitrogen and oxygen atoms in total. The first kappa shape index (κ1) is 23.6. The van der Waals surface area contributed by atoms with Gasteiger partial charge in [-0.15, -0.1) is 0 Å². The molecule has 0 aliphatic rings. The second-order valence-corrected chi connectivity index (χ2v) is 7.83. The summed E-state index contributed by atoms with van der Waals surface area (Å²) in [6, 6.07) is 29.6. The molecule has 0 amide bonds. The number of hydrogen-bond donors (Lipinski definition) is 1. The Morgan fingerprint density at radius 2 is 1.37 bits per heavy atom. The van der Waals surface area contributed by atoms with Crippen molar-refractivity contribution in [2.24, 2.45) is 0 Å². The molecule has 0 saturated carbocycles. The van der Waals surface area contributed by atoms with Crippen LogP contribution in [0.25, 0.3) is 6.08 Å². The minimum absolute atomic E-state index is 0.0441. The third-order valence-corrected chi connectivity index (χ3v) is 5.36. The highest BCUT2D eigenvalue weighted by atomic mass is 16.5. The van der Waals surface area contributed by atoms with Crippen LogP contribution in [0.1, 0.15) is 27.0 Å². The number of ketones is 1. The largest absolute Gasteiger partial charge is 0.507 e. The van der Waals surface area contributed by atoms with E-state index in [9.17, 15) is 9.90 Å². The number of methoxy groups -OCH3 is 1. The first-order valence-corrected chi connectivity index (χ1v) is 11.2. The molecular formula is C30H26O5.